The molecular weight excluding hydrogens is 380 g/mol. The maximum Gasteiger partial charge on any atom is 0.267 e. The summed E-state index contributed by atoms with van der Waals surface area (Å²) < 4.78 is 25.8. The number of piperazine rings is 1. The molecule has 8 nitrogen and oxygen atoms in total. The zero-order valence-electron chi connectivity index (χ0n) is 16.2. The van der Waals surface area contributed by atoms with Gasteiger partial charge in [0.25, 0.3) is 5.56 Å². The van der Waals surface area contributed by atoms with Crippen molar-refractivity contribution < 1.29 is 13.2 Å². The van der Waals surface area contributed by atoms with Crippen molar-refractivity contribution in [1.82, 2.24) is 19.0 Å². The van der Waals surface area contributed by atoms with Gasteiger partial charge in [0.05, 0.1) is 11.9 Å². The first-order valence-electron chi connectivity index (χ1n) is 9.07. The number of rotatable bonds is 4. The third-order valence-corrected chi connectivity index (χ3v) is 6.22. The summed E-state index contributed by atoms with van der Waals surface area (Å²) in [7, 11) is -3.27. The number of hydrogen-bond acceptors (Lipinski definition) is 5. The molecular formula is C19H24N4O4S. The molecule has 1 atom stereocenters. The molecule has 1 unspecified atom stereocenters. The van der Waals surface area contributed by atoms with Crippen molar-refractivity contribution in [2.75, 3.05) is 32.4 Å². The Hall–Kier alpha value is -2.52. The zero-order chi connectivity index (χ0) is 20.5. The van der Waals surface area contributed by atoms with Gasteiger partial charge in [-0.15, -0.1) is 0 Å². The fourth-order valence-electron chi connectivity index (χ4n) is 3.19. The monoisotopic (exact) mass is 404 g/mol. The van der Waals surface area contributed by atoms with E-state index in [4.69, 9.17) is 0 Å². The Morgan fingerprint density at radius 2 is 1.64 bits per heavy atom. The van der Waals surface area contributed by atoms with Gasteiger partial charge in [-0.1, -0.05) is 29.8 Å². The van der Waals surface area contributed by atoms with Crippen molar-refractivity contribution in [2.45, 2.75) is 19.9 Å². The molecule has 0 saturated carbocycles. The second kappa shape index (κ2) is 7.84. The summed E-state index contributed by atoms with van der Waals surface area (Å²) in [6.07, 6.45) is 1.16. The van der Waals surface area contributed by atoms with Crippen LogP contribution in [0.3, 0.4) is 0 Å². The zero-order valence-corrected chi connectivity index (χ0v) is 17.0. The highest BCUT2D eigenvalue weighted by atomic mass is 32.2. The summed E-state index contributed by atoms with van der Waals surface area (Å²) in [5, 5.41) is 4.39. The summed E-state index contributed by atoms with van der Waals surface area (Å²) in [4.78, 5) is 26.8. The molecule has 0 N–H and O–H groups in total. The molecule has 0 radical (unpaired) electrons. The largest absolute Gasteiger partial charge is 0.338 e. The Labute approximate surface area is 164 Å². The van der Waals surface area contributed by atoms with E-state index in [1.54, 1.807) is 17.9 Å². The second-order valence-corrected chi connectivity index (χ2v) is 9.01. The average Bonchev–Trinajstić information content (AvgIpc) is 2.67. The molecule has 3 rings (SSSR count). The number of hydrogen-bond donors (Lipinski definition) is 0. The number of sulfonamides is 1. The lowest BCUT2D eigenvalue weighted by Gasteiger charge is -2.34. The van der Waals surface area contributed by atoms with Crippen molar-refractivity contribution in [3.05, 3.63) is 52.3 Å². The lowest BCUT2D eigenvalue weighted by Crippen LogP contribution is -2.52. The number of benzene rings is 1. The molecule has 2 heterocycles. The van der Waals surface area contributed by atoms with Crippen LogP contribution in [0.2, 0.25) is 0 Å². The first-order valence-corrected chi connectivity index (χ1v) is 10.9. The first-order chi connectivity index (χ1) is 13.2. The molecule has 9 heteroatoms. The van der Waals surface area contributed by atoms with Crippen LogP contribution in [-0.4, -0.2) is 65.7 Å². The average molecular weight is 404 g/mol. The van der Waals surface area contributed by atoms with Crippen LogP contribution in [0.1, 0.15) is 18.5 Å². The van der Waals surface area contributed by atoms with Crippen molar-refractivity contribution >= 4 is 15.9 Å². The number of nitrogens with zero attached hydrogens (tertiary/aromatic N) is 4. The van der Waals surface area contributed by atoms with E-state index in [9.17, 15) is 18.0 Å². The van der Waals surface area contributed by atoms with Gasteiger partial charge in [0.2, 0.25) is 15.9 Å². The van der Waals surface area contributed by atoms with E-state index in [1.807, 2.05) is 31.2 Å². The van der Waals surface area contributed by atoms with Crippen molar-refractivity contribution in [1.29, 1.82) is 0 Å². The van der Waals surface area contributed by atoms with Gasteiger partial charge in [-0.3, -0.25) is 9.59 Å². The second-order valence-electron chi connectivity index (χ2n) is 7.03. The molecule has 1 fully saturated rings. The van der Waals surface area contributed by atoms with Gasteiger partial charge in [-0.25, -0.2) is 13.1 Å². The molecule has 1 aliphatic rings. The fraction of sp³-hybridized carbons (Fsp3) is 0.421. The SMILES string of the molecule is Cc1ccc(-c2ccc(=O)n(C(C)C(=O)N3CCN(S(C)(=O)=O)CC3)n2)cc1. The molecule has 2 aromatic rings. The third-order valence-electron chi connectivity index (χ3n) is 4.92. The normalized spacial score (nSPS) is 16.8. The minimum Gasteiger partial charge on any atom is -0.338 e. The van der Waals surface area contributed by atoms with E-state index in [0.717, 1.165) is 17.4 Å². The van der Waals surface area contributed by atoms with Crippen LogP contribution in [0.4, 0.5) is 0 Å². The van der Waals surface area contributed by atoms with E-state index >= 15 is 0 Å². The van der Waals surface area contributed by atoms with Gasteiger partial charge in [-0.2, -0.15) is 9.40 Å². The Balaban J connectivity index is 1.79. The van der Waals surface area contributed by atoms with Gasteiger partial charge in [0, 0.05) is 37.8 Å². The molecule has 28 heavy (non-hydrogen) atoms. The van der Waals surface area contributed by atoms with Crippen LogP contribution in [-0.2, 0) is 14.8 Å². The highest BCUT2D eigenvalue weighted by Crippen LogP contribution is 2.18. The molecule has 150 valence electrons. The highest BCUT2D eigenvalue weighted by Gasteiger charge is 2.29. The van der Waals surface area contributed by atoms with Crippen molar-refractivity contribution in [2.24, 2.45) is 0 Å². The fourth-order valence-corrected chi connectivity index (χ4v) is 4.02. The van der Waals surface area contributed by atoms with Gasteiger partial charge in [0.1, 0.15) is 6.04 Å². The Morgan fingerprint density at radius 1 is 1.04 bits per heavy atom. The van der Waals surface area contributed by atoms with Crippen molar-refractivity contribution in [3.63, 3.8) is 0 Å². The number of carbonyl (C=O) groups excluding carboxylic acids is 1. The predicted molar refractivity (Wildman–Crippen MR) is 106 cm³/mol. The Bertz CT molecular complexity index is 1020. The van der Waals surface area contributed by atoms with Crippen LogP contribution >= 0.6 is 0 Å². The molecule has 1 aromatic heterocycles. The van der Waals surface area contributed by atoms with E-state index in [1.165, 1.54) is 15.1 Å². The summed E-state index contributed by atoms with van der Waals surface area (Å²) in [5.74, 6) is -0.246. The van der Waals surface area contributed by atoms with Crippen LogP contribution in [0, 0.1) is 6.92 Å². The first kappa shape index (κ1) is 20.2. The molecule has 1 aliphatic heterocycles. The van der Waals surface area contributed by atoms with E-state index in [0.29, 0.717) is 18.8 Å². The highest BCUT2D eigenvalue weighted by molar-refractivity contribution is 7.88. The number of aryl methyl sites for hydroxylation is 1. The number of aromatic nitrogens is 2. The summed E-state index contributed by atoms with van der Waals surface area (Å²) >= 11 is 0. The standard InChI is InChI=1S/C19H24N4O4S/c1-14-4-6-16(7-5-14)17-8-9-18(24)23(20-17)15(2)19(25)21-10-12-22(13-11-21)28(3,26)27/h4-9,15H,10-13H2,1-3H3. The summed E-state index contributed by atoms with van der Waals surface area (Å²) in [5.41, 5.74) is 2.24. The van der Waals surface area contributed by atoms with Crippen molar-refractivity contribution in [3.8, 4) is 11.3 Å². The quantitative estimate of drug-likeness (QED) is 0.754. The van der Waals surface area contributed by atoms with E-state index in [2.05, 4.69) is 5.10 Å². The van der Waals surface area contributed by atoms with Crippen LogP contribution < -0.4 is 5.56 Å². The topological polar surface area (TPSA) is 92.6 Å². The summed E-state index contributed by atoms with van der Waals surface area (Å²) in [6, 6.07) is 10.0. The van der Waals surface area contributed by atoms with Crippen LogP contribution in [0.5, 0.6) is 0 Å². The smallest absolute Gasteiger partial charge is 0.267 e. The van der Waals surface area contributed by atoms with E-state index < -0.39 is 16.1 Å². The molecule has 0 spiro atoms. The number of carbonyl (C=O) groups is 1. The van der Waals surface area contributed by atoms with Gasteiger partial charge >= 0.3 is 0 Å². The minimum atomic E-state index is -3.27. The maximum absolute atomic E-state index is 12.9. The molecule has 1 saturated heterocycles. The Morgan fingerprint density at radius 3 is 2.21 bits per heavy atom. The van der Waals surface area contributed by atoms with Crippen LogP contribution in [0.25, 0.3) is 11.3 Å². The van der Waals surface area contributed by atoms with E-state index in [-0.39, 0.29) is 24.6 Å². The molecule has 0 bridgehead atoms. The minimum absolute atomic E-state index is 0.246. The number of amides is 1. The lowest BCUT2D eigenvalue weighted by molar-refractivity contribution is -0.135. The third kappa shape index (κ3) is 4.31. The van der Waals surface area contributed by atoms with Gasteiger partial charge in [-0.05, 0) is 19.9 Å². The van der Waals surface area contributed by atoms with Gasteiger partial charge < -0.3 is 4.90 Å². The maximum atomic E-state index is 12.9. The lowest BCUT2D eigenvalue weighted by atomic mass is 10.1. The molecule has 1 aromatic carbocycles. The van der Waals surface area contributed by atoms with Gasteiger partial charge in [0.15, 0.2) is 0 Å². The predicted octanol–water partition coefficient (Wildman–Crippen LogP) is 0.884. The molecule has 1 amide bonds. The Kier molecular flexibility index (Phi) is 5.66. The summed E-state index contributed by atoms with van der Waals surface area (Å²) in [6.45, 7) is 4.72. The van der Waals surface area contributed by atoms with Crippen LogP contribution in [0.15, 0.2) is 41.2 Å². The molecule has 0 aliphatic carbocycles.